The van der Waals surface area contributed by atoms with E-state index in [9.17, 15) is 13.2 Å². The quantitative estimate of drug-likeness (QED) is 0.809. The Bertz CT molecular complexity index is 541. The topological polar surface area (TPSA) is 33.8 Å². The molecule has 2 aliphatic heterocycles. The van der Waals surface area contributed by atoms with Crippen molar-refractivity contribution < 1.29 is 22.6 Å². The summed E-state index contributed by atoms with van der Waals surface area (Å²) in [5, 5.41) is 3.23. The molecule has 3 rings (SSSR count). The molecule has 0 aromatic heterocycles. The highest BCUT2D eigenvalue weighted by Crippen LogP contribution is 2.56. The van der Waals surface area contributed by atoms with Crippen LogP contribution in [0.15, 0.2) is 24.3 Å². The second-order valence-electron chi connectivity index (χ2n) is 6.41. The second-order valence-corrected chi connectivity index (χ2v) is 6.41. The Kier molecular flexibility index (Phi) is 3.13. The molecule has 1 N–H and O–H groups in total. The van der Waals surface area contributed by atoms with Gasteiger partial charge in [0.15, 0.2) is 0 Å². The van der Waals surface area contributed by atoms with Crippen LogP contribution in [0.25, 0.3) is 0 Å². The maximum absolute atomic E-state index is 13.3. The van der Waals surface area contributed by atoms with Gasteiger partial charge in [-0.3, -0.25) is 0 Å². The van der Waals surface area contributed by atoms with E-state index in [0.29, 0.717) is 0 Å². The summed E-state index contributed by atoms with van der Waals surface area (Å²) in [5.41, 5.74) is 1.27. The van der Waals surface area contributed by atoms with E-state index >= 15 is 0 Å². The van der Waals surface area contributed by atoms with E-state index in [1.165, 1.54) is 0 Å². The smallest absolute Gasteiger partial charge is 0.339 e. The predicted octanol–water partition coefficient (Wildman–Crippen LogP) is 3.09. The zero-order chi connectivity index (χ0) is 15.5. The van der Waals surface area contributed by atoms with E-state index in [2.05, 4.69) is 5.32 Å². The SMILES string of the molecule is Cc1ccc([C@H]2NC(C)(C)CO[C@@]3(C(F)(F)F)O[C@@H]23)cc1. The standard InChI is InChI=1S/C15H18F3NO2/c1-9-4-6-10(7-5-9)11-12-14(21-12,15(16,17)18)20-8-13(2,3)19-11/h4-7,11-12,19H,8H2,1-3H3/t11-,12+,14-/m1/s1. The molecule has 2 aliphatic rings. The van der Waals surface area contributed by atoms with Crippen LogP contribution in [0.5, 0.6) is 0 Å². The minimum absolute atomic E-state index is 0.0641. The van der Waals surface area contributed by atoms with Crippen LogP contribution >= 0.6 is 0 Å². The van der Waals surface area contributed by atoms with Crippen LogP contribution in [0.4, 0.5) is 13.2 Å². The van der Waals surface area contributed by atoms with Crippen LogP contribution in [0, 0.1) is 6.92 Å². The summed E-state index contributed by atoms with van der Waals surface area (Å²) in [7, 11) is 0. The number of halogens is 3. The minimum Gasteiger partial charge on any atom is -0.339 e. The third-order valence-electron chi connectivity index (χ3n) is 3.95. The van der Waals surface area contributed by atoms with E-state index in [4.69, 9.17) is 9.47 Å². The number of benzene rings is 1. The molecule has 0 unspecified atom stereocenters. The van der Waals surface area contributed by atoms with Crippen LogP contribution in [0.3, 0.4) is 0 Å². The molecule has 0 amide bonds. The number of nitrogens with one attached hydrogen (secondary N) is 1. The maximum Gasteiger partial charge on any atom is 0.446 e. The Morgan fingerprint density at radius 1 is 1.19 bits per heavy atom. The molecule has 6 heteroatoms. The van der Waals surface area contributed by atoms with Crippen molar-refractivity contribution >= 4 is 0 Å². The highest BCUT2D eigenvalue weighted by molar-refractivity contribution is 5.29. The van der Waals surface area contributed by atoms with Gasteiger partial charge in [-0.15, -0.1) is 0 Å². The van der Waals surface area contributed by atoms with Gasteiger partial charge >= 0.3 is 6.18 Å². The largest absolute Gasteiger partial charge is 0.446 e. The number of rotatable bonds is 1. The lowest BCUT2D eigenvalue weighted by molar-refractivity contribution is -0.273. The molecule has 0 saturated carbocycles. The van der Waals surface area contributed by atoms with Crippen LogP contribution in [0.1, 0.15) is 31.0 Å². The zero-order valence-corrected chi connectivity index (χ0v) is 12.1. The van der Waals surface area contributed by atoms with E-state index in [1.54, 1.807) is 0 Å². The predicted molar refractivity (Wildman–Crippen MR) is 70.7 cm³/mol. The van der Waals surface area contributed by atoms with Gasteiger partial charge in [0, 0.05) is 5.54 Å². The second kappa shape index (κ2) is 4.44. The molecule has 1 aromatic carbocycles. The van der Waals surface area contributed by atoms with Crippen molar-refractivity contribution in [2.45, 2.75) is 50.4 Å². The van der Waals surface area contributed by atoms with Gasteiger partial charge in [-0.1, -0.05) is 29.8 Å². The first kappa shape index (κ1) is 14.8. The van der Waals surface area contributed by atoms with E-state index in [-0.39, 0.29) is 6.61 Å². The van der Waals surface area contributed by atoms with Crippen LogP contribution in [0.2, 0.25) is 0 Å². The molecule has 116 valence electrons. The molecule has 21 heavy (non-hydrogen) atoms. The molecular formula is C15H18F3NO2. The number of fused-ring (bicyclic) bond motifs is 1. The Hall–Kier alpha value is -1.11. The summed E-state index contributed by atoms with van der Waals surface area (Å²) < 4.78 is 49.9. The summed E-state index contributed by atoms with van der Waals surface area (Å²) >= 11 is 0. The monoisotopic (exact) mass is 301 g/mol. The number of aryl methyl sites for hydroxylation is 1. The highest BCUT2D eigenvalue weighted by Gasteiger charge is 2.78. The molecular weight excluding hydrogens is 283 g/mol. The van der Waals surface area contributed by atoms with Gasteiger partial charge in [0.2, 0.25) is 0 Å². The van der Waals surface area contributed by atoms with Crippen molar-refractivity contribution in [3.63, 3.8) is 0 Å². The summed E-state index contributed by atoms with van der Waals surface area (Å²) in [5.74, 6) is -2.47. The van der Waals surface area contributed by atoms with Crippen LogP contribution in [-0.4, -0.2) is 30.2 Å². The molecule has 0 spiro atoms. The van der Waals surface area contributed by atoms with Gasteiger partial charge in [0.25, 0.3) is 5.79 Å². The summed E-state index contributed by atoms with van der Waals surface area (Å²) in [6, 6.07) is 6.87. The molecule has 2 fully saturated rings. The Morgan fingerprint density at radius 3 is 2.38 bits per heavy atom. The lowest BCUT2D eigenvalue weighted by Gasteiger charge is -2.29. The number of hydrogen-bond acceptors (Lipinski definition) is 3. The van der Waals surface area contributed by atoms with Gasteiger partial charge < -0.3 is 14.8 Å². The average molecular weight is 301 g/mol. The molecule has 0 aliphatic carbocycles. The third-order valence-corrected chi connectivity index (χ3v) is 3.95. The van der Waals surface area contributed by atoms with Gasteiger partial charge in [0.1, 0.15) is 6.10 Å². The summed E-state index contributed by atoms with van der Waals surface area (Å²) in [4.78, 5) is 0. The van der Waals surface area contributed by atoms with Crippen LogP contribution < -0.4 is 5.32 Å². The first-order chi connectivity index (χ1) is 9.65. The van der Waals surface area contributed by atoms with Crippen molar-refractivity contribution in [1.29, 1.82) is 0 Å². The summed E-state index contributed by atoms with van der Waals surface area (Å²) in [6.45, 7) is 5.52. The number of hydrogen-bond donors (Lipinski definition) is 1. The average Bonchev–Trinajstić information content (AvgIpc) is 3.10. The highest BCUT2D eigenvalue weighted by atomic mass is 19.4. The number of ether oxygens (including phenoxy) is 2. The van der Waals surface area contributed by atoms with Crippen molar-refractivity contribution in [2.24, 2.45) is 0 Å². The Morgan fingerprint density at radius 2 is 1.81 bits per heavy atom. The lowest BCUT2D eigenvalue weighted by Crippen LogP contribution is -2.45. The van der Waals surface area contributed by atoms with Crippen molar-refractivity contribution in [1.82, 2.24) is 5.32 Å². The van der Waals surface area contributed by atoms with Crippen LogP contribution in [-0.2, 0) is 9.47 Å². The molecule has 2 heterocycles. The molecule has 1 aromatic rings. The number of alkyl halides is 3. The molecule has 2 saturated heterocycles. The van der Waals surface area contributed by atoms with Crippen molar-refractivity contribution in [3.8, 4) is 0 Å². The van der Waals surface area contributed by atoms with Gasteiger partial charge in [-0.25, -0.2) is 0 Å². The minimum atomic E-state index is -4.54. The molecule has 3 atom stereocenters. The van der Waals surface area contributed by atoms with Gasteiger partial charge in [0.05, 0.1) is 12.6 Å². The first-order valence-electron chi connectivity index (χ1n) is 6.87. The van der Waals surface area contributed by atoms with E-state index in [0.717, 1.165) is 11.1 Å². The Balaban J connectivity index is 1.96. The van der Waals surface area contributed by atoms with Gasteiger partial charge in [-0.2, -0.15) is 13.2 Å². The fourth-order valence-corrected chi connectivity index (χ4v) is 2.73. The molecule has 0 radical (unpaired) electrons. The molecule has 0 bridgehead atoms. The fourth-order valence-electron chi connectivity index (χ4n) is 2.73. The molecule has 3 nitrogen and oxygen atoms in total. The third kappa shape index (κ3) is 2.45. The lowest BCUT2D eigenvalue weighted by atomic mass is 9.97. The van der Waals surface area contributed by atoms with E-state index in [1.807, 2.05) is 45.0 Å². The normalized spacial score (nSPS) is 35.0. The van der Waals surface area contributed by atoms with Gasteiger partial charge in [-0.05, 0) is 26.3 Å². The fraction of sp³-hybridized carbons (Fsp3) is 0.600. The number of epoxide rings is 1. The van der Waals surface area contributed by atoms with Crippen molar-refractivity contribution in [3.05, 3.63) is 35.4 Å². The maximum atomic E-state index is 13.3. The van der Waals surface area contributed by atoms with Crippen molar-refractivity contribution in [2.75, 3.05) is 6.61 Å². The first-order valence-corrected chi connectivity index (χ1v) is 6.87. The zero-order valence-electron chi connectivity index (χ0n) is 12.1. The van der Waals surface area contributed by atoms with E-state index < -0.39 is 29.6 Å². The summed E-state index contributed by atoms with van der Waals surface area (Å²) in [6.07, 6.45) is -5.59. The Labute approximate surface area is 121 Å².